The molecule has 0 bridgehead atoms. The Hall–Kier alpha value is -2.03. The van der Waals surface area contributed by atoms with Crippen molar-refractivity contribution in [2.24, 2.45) is 0 Å². The van der Waals surface area contributed by atoms with Crippen molar-refractivity contribution in [1.29, 1.82) is 0 Å². The van der Waals surface area contributed by atoms with Gasteiger partial charge in [0, 0.05) is 0 Å². The Morgan fingerprint density at radius 1 is 1.33 bits per heavy atom. The first-order chi connectivity index (χ1) is 7.18. The van der Waals surface area contributed by atoms with E-state index in [9.17, 15) is 8.42 Å². The molecule has 9 heteroatoms. The first-order valence-electron chi connectivity index (χ1n) is 3.83. The summed E-state index contributed by atoms with van der Waals surface area (Å²) in [4.78, 5) is 9.73. The van der Waals surface area contributed by atoms with Gasteiger partial charge in [-0.3, -0.25) is 0 Å². The van der Waals surface area contributed by atoms with E-state index in [1.165, 1.54) is 24.9 Å². The average Bonchev–Trinajstić information content (AvgIpc) is 2.71. The van der Waals surface area contributed by atoms with Crippen LogP contribution in [0.1, 0.15) is 0 Å². The van der Waals surface area contributed by atoms with E-state index in [0.717, 1.165) is 0 Å². The largest absolute Gasteiger partial charge is 0.334 e. The lowest BCUT2D eigenvalue weighted by atomic mass is 10.9. The van der Waals surface area contributed by atoms with Crippen molar-refractivity contribution in [3.05, 3.63) is 24.9 Å². The van der Waals surface area contributed by atoms with E-state index >= 15 is 0 Å². The Balaban J connectivity index is 2.27. The highest BCUT2D eigenvalue weighted by Crippen LogP contribution is 2.07. The molecule has 0 saturated carbocycles. The number of nitrogens with one attached hydrogen (secondary N) is 2. The highest BCUT2D eigenvalue weighted by molar-refractivity contribution is 7.92. The highest BCUT2D eigenvalue weighted by atomic mass is 32.2. The first kappa shape index (κ1) is 9.52. The molecule has 0 aromatic carbocycles. The number of anilines is 1. The minimum Gasteiger partial charge on any atom is -0.334 e. The van der Waals surface area contributed by atoms with Crippen LogP contribution in [-0.4, -0.2) is 33.6 Å². The molecule has 0 amide bonds. The van der Waals surface area contributed by atoms with Gasteiger partial charge in [0.1, 0.15) is 0 Å². The lowest BCUT2D eigenvalue weighted by Crippen LogP contribution is -2.15. The molecule has 0 radical (unpaired) electrons. The monoisotopic (exact) mass is 226 g/mol. The maximum atomic E-state index is 11.6. The van der Waals surface area contributed by atoms with Crippen molar-refractivity contribution in [1.82, 2.24) is 25.1 Å². The number of aromatic amines is 1. The number of aromatic nitrogens is 5. The second-order valence-electron chi connectivity index (χ2n) is 2.49. The van der Waals surface area contributed by atoms with Gasteiger partial charge in [-0.05, 0) is 0 Å². The zero-order valence-electron chi connectivity index (χ0n) is 7.32. The second-order valence-corrected chi connectivity index (χ2v) is 4.14. The SMILES string of the molecule is O=S(=O)(Nc1nccnn1)c1cnc[nH]1. The van der Waals surface area contributed by atoms with Crippen LogP contribution in [0.3, 0.4) is 0 Å². The van der Waals surface area contributed by atoms with Gasteiger partial charge in [-0.25, -0.2) is 14.7 Å². The third-order valence-corrected chi connectivity index (χ3v) is 2.72. The molecule has 0 aliphatic heterocycles. The van der Waals surface area contributed by atoms with Gasteiger partial charge >= 0.3 is 0 Å². The van der Waals surface area contributed by atoms with Crippen LogP contribution in [0.4, 0.5) is 5.95 Å². The van der Waals surface area contributed by atoms with Crippen LogP contribution in [0.15, 0.2) is 29.9 Å². The van der Waals surface area contributed by atoms with E-state index in [4.69, 9.17) is 0 Å². The molecular formula is C6H6N6O2S. The van der Waals surface area contributed by atoms with Crippen LogP contribution >= 0.6 is 0 Å². The molecule has 2 rings (SSSR count). The summed E-state index contributed by atoms with van der Waals surface area (Å²) >= 11 is 0. The van der Waals surface area contributed by atoms with Gasteiger partial charge in [0.15, 0.2) is 5.03 Å². The third kappa shape index (κ3) is 2.07. The van der Waals surface area contributed by atoms with E-state index in [0.29, 0.717) is 0 Å². The first-order valence-corrected chi connectivity index (χ1v) is 5.32. The van der Waals surface area contributed by atoms with Gasteiger partial charge in [-0.2, -0.15) is 13.5 Å². The minimum atomic E-state index is -3.70. The van der Waals surface area contributed by atoms with E-state index < -0.39 is 10.0 Å². The van der Waals surface area contributed by atoms with Crippen LogP contribution in [-0.2, 0) is 10.0 Å². The van der Waals surface area contributed by atoms with Gasteiger partial charge in [0.05, 0.1) is 24.9 Å². The Morgan fingerprint density at radius 3 is 2.80 bits per heavy atom. The summed E-state index contributed by atoms with van der Waals surface area (Å²) in [6.45, 7) is 0. The molecule has 15 heavy (non-hydrogen) atoms. The zero-order chi connectivity index (χ0) is 10.7. The maximum Gasteiger partial charge on any atom is 0.281 e. The molecule has 2 heterocycles. The van der Waals surface area contributed by atoms with E-state index in [-0.39, 0.29) is 11.0 Å². The lowest BCUT2D eigenvalue weighted by Gasteiger charge is -2.01. The highest BCUT2D eigenvalue weighted by Gasteiger charge is 2.16. The molecule has 0 unspecified atom stereocenters. The number of H-pyrrole nitrogens is 1. The molecule has 8 nitrogen and oxygen atoms in total. The molecule has 2 aromatic rings. The standard InChI is InChI=1S/C6H6N6O2S/c13-15(14,5-3-7-4-9-5)12-6-8-1-2-10-11-6/h1-4H,(H,7,9)(H,8,11,12). The smallest absolute Gasteiger partial charge is 0.281 e. The van der Waals surface area contributed by atoms with E-state index in [2.05, 4.69) is 29.9 Å². The Bertz CT molecular complexity index is 522. The summed E-state index contributed by atoms with van der Waals surface area (Å²) in [5.74, 6) is -0.0906. The van der Waals surface area contributed by atoms with Crippen molar-refractivity contribution < 1.29 is 8.42 Å². The zero-order valence-corrected chi connectivity index (χ0v) is 8.14. The summed E-state index contributed by atoms with van der Waals surface area (Å²) in [6, 6.07) is 0. The molecule has 78 valence electrons. The number of hydrogen-bond acceptors (Lipinski definition) is 6. The van der Waals surface area contributed by atoms with Gasteiger partial charge in [0.25, 0.3) is 16.0 Å². The van der Waals surface area contributed by atoms with Crippen LogP contribution in [0.5, 0.6) is 0 Å². The van der Waals surface area contributed by atoms with Crippen molar-refractivity contribution >= 4 is 16.0 Å². The fourth-order valence-electron chi connectivity index (χ4n) is 0.860. The van der Waals surface area contributed by atoms with Crippen LogP contribution < -0.4 is 4.72 Å². The molecule has 0 spiro atoms. The summed E-state index contributed by atoms with van der Waals surface area (Å²) in [5, 5.41) is 6.91. The van der Waals surface area contributed by atoms with Crippen LogP contribution in [0.25, 0.3) is 0 Å². The molecule has 2 N–H and O–H groups in total. The van der Waals surface area contributed by atoms with Crippen LogP contribution in [0.2, 0.25) is 0 Å². The Morgan fingerprint density at radius 2 is 2.20 bits per heavy atom. The average molecular weight is 226 g/mol. The van der Waals surface area contributed by atoms with Crippen molar-refractivity contribution in [3.63, 3.8) is 0 Å². The molecule has 0 aliphatic carbocycles. The van der Waals surface area contributed by atoms with Gasteiger partial charge in [-0.1, -0.05) is 0 Å². The number of sulfonamides is 1. The number of hydrogen-bond donors (Lipinski definition) is 2. The predicted molar refractivity (Wildman–Crippen MR) is 49.2 cm³/mol. The number of nitrogens with zero attached hydrogens (tertiary/aromatic N) is 4. The third-order valence-electron chi connectivity index (χ3n) is 1.47. The molecule has 0 atom stereocenters. The fourth-order valence-corrected chi connectivity index (χ4v) is 1.71. The fraction of sp³-hybridized carbons (Fsp3) is 0. The Kier molecular flexibility index (Phi) is 2.29. The Labute approximate surface area is 84.9 Å². The van der Waals surface area contributed by atoms with Crippen molar-refractivity contribution in [2.45, 2.75) is 5.03 Å². The van der Waals surface area contributed by atoms with E-state index in [1.807, 2.05) is 0 Å². The van der Waals surface area contributed by atoms with Gasteiger partial charge in [0.2, 0.25) is 0 Å². The minimum absolute atomic E-state index is 0.0602. The normalized spacial score (nSPS) is 11.2. The molecule has 2 aromatic heterocycles. The molecule has 0 fully saturated rings. The van der Waals surface area contributed by atoms with Crippen LogP contribution in [0, 0.1) is 0 Å². The summed E-state index contributed by atoms with van der Waals surface area (Å²) in [6.07, 6.45) is 5.11. The molecular weight excluding hydrogens is 220 g/mol. The maximum absolute atomic E-state index is 11.6. The summed E-state index contributed by atoms with van der Waals surface area (Å²) < 4.78 is 25.3. The molecule has 0 aliphatic rings. The van der Waals surface area contributed by atoms with Crippen molar-refractivity contribution in [2.75, 3.05) is 4.72 Å². The topological polar surface area (TPSA) is 114 Å². The number of rotatable bonds is 3. The van der Waals surface area contributed by atoms with Gasteiger partial charge in [-0.15, -0.1) is 5.10 Å². The quantitative estimate of drug-likeness (QED) is 0.722. The van der Waals surface area contributed by atoms with Crippen molar-refractivity contribution in [3.8, 4) is 0 Å². The van der Waals surface area contributed by atoms with E-state index in [1.54, 1.807) is 0 Å². The summed E-state index contributed by atoms with van der Waals surface area (Å²) in [7, 11) is -3.70. The lowest BCUT2D eigenvalue weighted by molar-refractivity contribution is 0.597. The molecule has 0 saturated heterocycles. The second kappa shape index (κ2) is 3.61. The number of imidazole rings is 1. The summed E-state index contributed by atoms with van der Waals surface area (Å²) in [5.41, 5.74) is 0. The predicted octanol–water partition coefficient (Wildman–Crippen LogP) is -0.605. The van der Waals surface area contributed by atoms with Gasteiger partial charge < -0.3 is 4.98 Å².